The van der Waals surface area contributed by atoms with E-state index >= 15 is 0 Å². The van der Waals surface area contributed by atoms with Gasteiger partial charge in [0.1, 0.15) is 4.90 Å². The number of halogens is 4. The zero-order valence-electron chi connectivity index (χ0n) is 10.9. The normalized spacial score (nSPS) is 12.2. The highest BCUT2D eigenvalue weighted by Gasteiger charge is 2.31. The van der Waals surface area contributed by atoms with E-state index in [2.05, 4.69) is 15.9 Å². The minimum atomic E-state index is -4.29. The molecule has 5 nitrogen and oxygen atoms in total. The van der Waals surface area contributed by atoms with Crippen molar-refractivity contribution in [2.75, 3.05) is 26.8 Å². The Kier molecular flexibility index (Phi) is 6.79. The lowest BCUT2D eigenvalue weighted by Gasteiger charge is -2.22. The molecule has 120 valence electrons. The van der Waals surface area contributed by atoms with Crippen molar-refractivity contribution in [3.8, 4) is 5.75 Å². The largest absolute Gasteiger partial charge is 0.494 e. The summed E-state index contributed by atoms with van der Waals surface area (Å²) < 4.78 is 55.8. The number of aliphatic hydroxyl groups excluding tert-OH is 1. The van der Waals surface area contributed by atoms with Gasteiger partial charge in [-0.3, -0.25) is 0 Å². The molecule has 0 saturated heterocycles. The van der Waals surface area contributed by atoms with E-state index in [4.69, 9.17) is 21.4 Å². The van der Waals surface area contributed by atoms with E-state index in [1.165, 1.54) is 13.2 Å². The van der Waals surface area contributed by atoms with Gasteiger partial charge in [-0.1, -0.05) is 11.6 Å². The highest BCUT2D eigenvalue weighted by Crippen LogP contribution is 2.36. The predicted molar refractivity (Wildman–Crippen MR) is 77.6 cm³/mol. The molecule has 0 unspecified atom stereocenters. The molecule has 0 radical (unpaired) electrons. The highest BCUT2D eigenvalue weighted by molar-refractivity contribution is 9.10. The maximum atomic E-state index is 12.5. The molecule has 1 rings (SSSR count). The number of nitrogens with zero attached hydrogens (tertiary/aromatic N) is 1. The van der Waals surface area contributed by atoms with Crippen LogP contribution in [0.4, 0.5) is 8.78 Å². The Morgan fingerprint density at radius 1 is 1.48 bits per heavy atom. The van der Waals surface area contributed by atoms with Crippen LogP contribution in [0, 0.1) is 0 Å². The quantitative estimate of drug-likeness (QED) is 0.752. The Morgan fingerprint density at radius 2 is 2.10 bits per heavy atom. The van der Waals surface area contributed by atoms with Crippen molar-refractivity contribution in [2.45, 2.75) is 11.3 Å². The number of aliphatic hydroxyl groups is 1. The molecule has 21 heavy (non-hydrogen) atoms. The molecule has 0 aliphatic rings. The van der Waals surface area contributed by atoms with Crippen molar-refractivity contribution in [1.29, 1.82) is 0 Å². The van der Waals surface area contributed by atoms with Crippen molar-refractivity contribution < 1.29 is 27.0 Å². The van der Waals surface area contributed by atoms with Crippen molar-refractivity contribution in [1.82, 2.24) is 4.31 Å². The van der Waals surface area contributed by atoms with Crippen LogP contribution in [-0.4, -0.2) is 51.1 Å². The summed E-state index contributed by atoms with van der Waals surface area (Å²) in [5, 5.41) is 8.98. The fraction of sp³-hybridized carbons (Fsp3) is 0.455. The van der Waals surface area contributed by atoms with Gasteiger partial charge in [0, 0.05) is 11.6 Å². The van der Waals surface area contributed by atoms with Gasteiger partial charge in [0.25, 0.3) is 6.43 Å². The number of alkyl halides is 2. The van der Waals surface area contributed by atoms with Crippen LogP contribution in [0.25, 0.3) is 0 Å². The molecule has 1 aromatic rings. The first-order chi connectivity index (χ1) is 9.73. The van der Waals surface area contributed by atoms with E-state index in [0.717, 1.165) is 6.07 Å². The molecular weight excluding hydrogens is 396 g/mol. The smallest absolute Gasteiger partial charge is 0.252 e. The summed E-state index contributed by atoms with van der Waals surface area (Å²) in [6, 6.07) is 2.53. The van der Waals surface area contributed by atoms with E-state index in [9.17, 15) is 17.2 Å². The lowest BCUT2D eigenvalue weighted by atomic mass is 10.3. The third-order valence-corrected chi connectivity index (χ3v) is 5.17. The van der Waals surface area contributed by atoms with Gasteiger partial charge >= 0.3 is 0 Å². The molecule has 0 spiro atoms. The maximum Gasteiger partial charge on any atom is 0.252 e. The summed E-state index contributed by atoms with van der Waals surface area (Å²) in [7, 11) is -3.05. The average Bonchev–Trinajstić information content (AvgIpc) is 2.36. The summed E-state index contributed by atoms with van der Waals surface area (Å²) in [6.45, 7) is -2.08. The molecule has 0 aliphatic heterocycles. The van der Waals surface area contributed by atoms with E-state index in [-0.39, 0.29) is 20.1 Å². The highest BCUT2D eigenvalue weighted by atomic mass is 79.9. The minimum absolute atomic E-state index is 0.0448. The van der Waals surface area contributed by atoms with Gasteiger partial charge in [0.05, 0.1) is 24.7 Å². The molecule has 0 atom stereocenters. The van der Waals surface area contributed by atoms with E-state index in [1.807, 2.05) is 0 Å². The standard InChI is InChI=1S/C11H13BrClF2NO4S/c1-20-11-8(12)4-7(13)5-9(11)21(18,19)16(2-3-17)6-10(14)15/h4-5,10,17H,2-3,6H2,1H3. The first kappa shape index (κ1) is 18.6. The Hall–Kier alpha value is -0.480. The predicted octanol–water partition coefficient (Wildman–Crippen LogP) is 2.36. The summed E-state index contributed by atoms with van der Waals surface area (Å²) in [4.78, 5) is -0.349. The third kappa shape index (κ3) is 4.49. The average molecular weight is 409 g/mol. The van der Waals surface area contributed by atoms with Crippen LogP contribution >= 0.6 is 27.5 Å². The number of hydrogen-bond donors (Lipinski definition) is 1. The lowest BCUT2D eigenvalue weighted by Crippen LogP contribution is -2.37. The van der Waals surface area contributed by atoms with Gasteiger partial charge in [-0.25, -0.2) is 17.2 Å². The Bertz CT molecular complexity index is 600. The molecule has 0 heterocycles. The molecule has 1 N–H and O–H groups in total. The monoisotopic (exact) mass is 407 g/mol. The van der Waals surface area contributed by atoms with Gasteiger partial charge in [0.2, 0.25) is 10.0 Å². The van der Waals surface area contributed by atoms with Gasteiger partial charge in [-0.15, -0.1) is 0 Å². The number of benzene rings is 1. The number of hydrogen-bond acceptors (Lipinski definition) is 4. The van der Waals surface area contributed by atoms with Crippen LogP contribution in [0.1, 0.15) is 0 Å². The Labute approximate surface area is 134 Å². The van der Waals surface area contributed by atoms with Crippen molar-refractivity contribution in [2.24, 2.45) is 0 Å². The van der Waals surface area contributed by atoms with Crippen molar-refractivity contribution in [3.05, 3.63) is 21.6 Å². The molecule has 10 heteroatoms. The maximum absolute atomic E-state index is 12.5. The topological polar surface area (TPSA) is 66.8 Å². The van der Waals surface area contributed by atoms with E-state index in [1.54, 1.807) is 0 Å². The second kappa shape index (κ2) is 7.68. The number of rotatable bonds is 7. The fourth-order valence-electron chi connectivity index (χ4n) is 1.64. The Balaban J connectivity index is 3.40. The summed E-state index contributed by atoms with van der Waals surface area (Å²) in [5.74, 6) is -0.0448. The third-order valence-electron chi connectivity index (χ3n) is 2.49. The second-order valence-corrected chi connectivity index (χ2v) is 7.09. The molecule has 1 aromatic carbocycles. The second-order valence-electron chi connectivity index (χ2n) is 3.90. The van der Waals surface area contributed by atoms with Crippen LogP contribution in [0.15, 0.2) is 21.5 Å². The zero-order chi connectivity index (χ0) is 16.2. The zero-order valence-corrected chi connectivity index (χ0v) is 14.1. The molecule has 0 saturated carbocycles. The minimum Gasteiger partial charge on any atom is -0.494 e. The molecule has 0 fully saturated rings. The molecular formula is C11H13BrClF2NO4S. The number of methoxy groups -OCH3 is 1. The molecule has 0 bridgehead atoms. The Morgan fingerprint density at radius 3 is 2.57 bits per heavy atom. The first-order valence-electron chi connectivity index (χ1n) is 5.66. The number of sulfonamides is 1. The van der Waals surface area contributed by atoms with Crippen LogP contribution < -0.4 is 4.74 Å². The summed E-state index contributed by atoms with van der Waals surface area (Å²) in [6.07, 6.45) is -2.88. The van der Waals surface area contributed by atoms with Crippen molar-refractivity contribution in [3.63, 3.8) is 0 Å². The summed E-state index contributed by atoms with van der Waals surface area (Å²) >= 11 is 8.91. The summed E-state index contributed by atoms with van der Waals surface area (Å²) in [5.41, 5.74) is 0. The van der Waals surface area contributed by atoms with Gasteiger partial charge in [-0.2, -0.15) is 4.31 Å². The van der Waals surface area contributed by atoms with E-state index < -0.39 is 36.1 Å². The van der Waals surface area contributed by atoms with Crippen LogP contribution in [0.5, 0.6) is 5.75 Å². The van der Waals surface area contributed by atoms with Gasteiger partial charge in [0.15, 0.2) is 5.75 Å². The van der Waals surface area contributed by atoms with Gasteiger partial charge in [-0.05, 0) is 28.1 Å². The first-order valence-corrected chi connectivity index (χ1v) is 8.27. The van der Waals surface area contributed by atoms with E-state index in [0.29, 0.717) is 4.31 Å². The number of ether oxygens (including phenoxy) is 1. The van der Waals surface area contributed by atoms with Crippen LogP contribution in [-0.2, 0) is 10.0 Å². The molecule has 0 amide bonds. The molecule has 0 aliphatic carbocycles. The van der Waals surface area contributed by atoms with Crippen LogP contribution in [0.2, 0.25) is 5.02 Å². The fourth-order valence-corrected chi connectivity index (χ4v) is 4.42. The lowest BCUT2D eigenvalue weighted by molar-refractivity contribution is 0.113. The SMILES string of the molecule is COc1c(Br)cc(Cl)cc1S(=O)(=O)N(CCO)CC(F)F. The van der Waals surface area contributed by atoms with Crippen molar-refractivity contribution >= 4 is 37.6 Å². The van der Waals surface area contributed by atoms with Crippen LogP contribution in [0.3, 0.4) is 0 Å². The molecule has 0 aromatic heterocycles. The van der Waals surface area contributed by atoms with Gasteiger partial charge < -0.3 is 9.84 Å².